The lowest BCUT2D eigenvalue weighted by molar-refractivity contribution is -0.150. The van der Waals surface area contributed by atoms with Crippen molar-refractivity contribution in [1.82, 2.24) is 0 Å². The molecule has 0 spiro atoms. The van der Waals surface area contributed by atoms with E-state index >= 15 is 0 Å². The third-order valence-electron chi connectivity index (χ3n) is 5.14. The van der Waals surface area contributed by atoms with E-state index < -0.39 is 0 Å². The quantitative estimate of drug-likeness (QED) is 0.529. The van der Waals surface area contributed by atoms with Gasteiger partial charge in [-0.3, -0.25) is 0 Å². The van der Waals surface area contributed by atoms with Gasteiger partial charge in [0, 0.05) is 11.5 Å². The monoisotopic (exact) mass is 224 g/mol. The molecular formula is C14H24O2. The molecular weight excluding hydrogens is 200 g/mol. The molecule has 0 unspecified atom stereocenters. The first-order valence-corrected chi connectivity index (χ1v) is 5.75. The van der Waals surface area contributed by atoms with Gasteiger partial charge in [-0.2, -0.15) is 0 Å². The normalized spacial score (nSPS) is 38.9. The minimum Gasteiger partial charge on any atom is -0.459 e. The summed E-state index contributed by atoms with van der Waals surface area (Å²) in [5, 5.41) is 0. The third-order valence-corrected chi connectivity index (χ3v) is 5.14. The smallest absolute Gasteiger partial charge is 0.330 e. The molecule has 16 heavy (non-hydrogen) atoms. The van der Waals surface area contributed by atoms with Gasteiger partial charge in [-0.25, -0.2) is 4.79 Å². The summed E-state index contributed by atoms with van der Waals surface area (Å²) in [6.45, 7) is 10.3. The van der Waals surface area contributed by atoms with E-state index in [9.17, 15) is 4.79 Å². The van der Waals surface area contributed by atoms with Crippen LogP contribution in [0.4, 0.5) is 0 Å². The van der Waals surface area contributed by atoms with Gasteiger partial charge in [0.2, 0.25) is 0 Å². The van der Waals surface area contributed by atoms with E-state index in [0.29, 0.717) is 11.3 Å². The fourth-order valence-electron chi connectivity index (χ4n) is 3.50. The Kier molecular flexibility index (Phi) is 3.24. The van der Waals surface area contributed by atoms with Gasteiger partial charge < -0.3 is 4.74 Å². The highest BCUT2D eigenvalue weighted by Crippen LogP contribution is 2.66. The molecule has 0 aromatic heterocycles. The molecule has 92 valence electrons. The number of hydrogen-bond donors (Lipinski definition) is 0. The second kappa shape index (κ2) is 3.90. The van der Waals surface area contributed by atoms with Gasteiger partial charge in [-0.1, -0.05) is 34.8 Å². The lowest BCUT2D eigenvalue weighted by Gasteiger charge is -2.38. The van der Waals surface area contributed by atoms with Crippen molar-refractivity contribution >= 4 is 5.97 Å². The molecule has 0 heterocycles. The number of ether oxygens (including phenoxy) is 1. The van der Waals surface area contributed by atoms with Crippen LogP contribution in [0.25, 0.3) is 0 Å². The zero-order chi connectivity index (χ0) is 11.3. The van der Waals surface area contributed by atoms with Crippen LogP contribution in [0.1, 0.15) is 47.5 Å². The second-order valence-corrected chi connectivity index (χ2v) is 5.74. The molecule has 2 heteroatoms. The largest absolute Gasteiger partial charge is 0.459 e. The van der Waals surface area contributed by atoms with Crippen molar-refractivity contribution in [3.63, 3.8) is 0 Å². The van der Waals surface area contributed by atoms with Crippen molar-refractivity contribution in [2.45, 2.75) is 53.6 Å². The number of rotatable bonds is 2. The van der Waals surface area contributed by atoms with Crippen molar-refractivity contribution in [3.8, 4) is 0 Å². The Morgan fingerprint density at radius 3 is 2.44 bits per heavy atom. The van der Waals surface area contributed by atoms with Gasteiger partial charge >= 0.3 is 5.97 Å². The maximum atomic E-state index is 11.3. The number of carbonyl (C=O) groups excluding carboxylic acids is 1. The summed E-state index contributed by atoms with van der Waals surface area (Å²) in [6.07, 6.45) is 4.85. The minimum atomic E-state index is -0.274. The van der Waals surface area contributed by atoms with Gasteiger partial charge in [0.25, 0.3) is 0 Å². The van der Waals surface area contributed by atoms with Crippen molar-refractivity contribution < 1.29 is 9.53 Å². The van der Waals surface area contributed by atoms with Crippen molar-refractivity contribution in [1.29, 1.82) is 0 Å². The van der Waals surface area contributed by atoms with E-state index in [0.717, 1.165) is 6.42 Å². The zero-order valence-electron chi connectivity index (χ0n) is 9.88. The fourth-order valence-corrected chi connectivity index (χ4v) is 3.50. The van der Waals surface area contributed by atoms with Gasteiger partial charge in [-0.15, -0.1) is 0 Å². The SMILES string of the molecule is C.C=CC(=O)O[C@H]1C[C@@H]2CC[C@@]1(C)C2(C)C. The summed E-state index contributed by atoms with van der Waals surface area (Å²) in [6, 6.07) is 0. The Hall–Kier alpha value is -0.790. The van der Waals surface area contributed by atoms with Crippen LogP contribution in [0.2, 0.25) is 0 Å². The van der Waals surface area contributed by atoms with E-state index in [2.05, 4.69) is 27.4 Å². The molecule has 2 aliphatic rings. The highest BCUT2D eigenvalue weighted by atomic mass is 16.5. The summed E-state index contributed by atoms with van der Waals surface area (Å²) in [5.41, 5.74) is 0.468. The van der Waals surface area contributed by atoms with Crippen LogP contribution in [-0.2, 0) is 9.53 Å². The summed E-state index contributed by atoms with van der Waals surface area (Å²) in [5.74, 6) is 0.440. The molecule has 0 aromatic carbocycles. The van der Waals surface area contributed by atoms with Crippen molar-refractivity contribution in [2.24, 2.45) is 16.7 Å². The second-order valence-electron chi connectivity index (χ2n) is 5.74. The first-order chi connectivity index (χ1) is 6.91. The average Bonchev–Trinajstić information content (AvgIpc) is 2.50. The van der Waals surface area contributed by atoms with E-state index in [1.54, 1.807) is 0 Å². The maximum Gasteiger partial charge on any atom is 0.330 e. The van der Waals surface area contributed by atoms with Crippen molar-refractivity contribution in [3.05, 3.63) is 12.7 Å². The molecule has 2 nitrogen and oxygen atoms in total. The Balaban J connectivity index is 0.00000128. The highest BCUT2D eigenvalue weighted by molar-refractivity contribution is 5.81. The Morgan fingerprint density at radius 2 is 2.06 bits per heavy atom. The summed E-state index contributed by atoms with van der Waals surface area (Å²) in [7, 11) is 0. The summed E-state index contributed by atoms with van der Waals surface area (Å²) < 4.78 is 5.48. The van der Waals surface area contributed by atoms with Crippen LogP contribution in [0.3, 0.4) is 0 Å². The molecule has 0 aromatic rings. The standard InChI is InChI=1S/C13H20O2.CH4/c1-5-11(14)15-10-8-9-6-7-13(10,4)12(9,2)3;/h5,9-10H,1,6-8H2,2-4H3;1H4/t9-,10-,13+;/m0./s1. The molecule has 0 amide bonds. The zero-order valence-corrected chi connectivity index (χ0v) is 9.88. The van der Waals surface area contributed by atoms with Gasteiger partial charge in [0.15, 0.2) is 0 Å². The van der Waals surface area contributed by atoms with Crippen LogP contribution < -0.4 is 0 Å². The van der Waals surface area contributed by atoms with Crippen LogP contribution in [-0.4, -0.2) is 12.1 Å². The van der Waals surface area contributed by atoms with Crippen molar-refractivity contribution in [2.75, 3.05) is 0 Å². The van der Waals surface area contributed by atoms with E-state index in [-0.39, 0.29) is 24.9 Å². The molecule has 2 rings (SSSR count). The first-order valence-electron chi connectivity index (χ1n) is 5.75. The molecule has 0 N–H and O–H groups in total. The lowest BCUT2D eigenvalue weighted by atomic mass is 9.70. The molecule has 2 bridgehead atoms. The summed E-state index contributed by atoms with van der Waals surface area (Å²) >= 11 is 0. The molecule has 3 atom stereocenters. The summed E-state index contributed by atoms with van der Waals surface area (Å²) in [4.78, 5) is 11.3. The predicted octanol–water partition coefficient (Wildman–Crippen LogP) is 3.57. The number of fused-ring (bicyclic) bond motifs is 2. The molecule has 0 saturated heterocycles. The van der Waals surface area contributed by atoms with E-state index in [1.807, 2.05) is 0 Å². The Labute approximate surface area is 99.1 Å². The molecule has 0 aliphatic heterocycles. The molecule has 2 fully saturated rings. The average molecular weight is 224 g/mol. The Morgan fingerprint density at radius 1 is 1.44 bits per heavy atom. The van der Waals surface area contributed by atoms with Crippen LogP contribution in [0, 0.1) is 16.7 Å². The molecule has 0 radical (unpaired) electrons. The lowest BCUT2D eigenvalue weighted by Crippen LogP contribution is -2.38. The fraction of sp³-hybridized carbons (Fsp3) is 0.786. The van der Waals surface area contributed by atoms with E-state index in [4.69, 9.17) is 4.74 Å². The van der Waals surface area contributed by atoms with Crippen LogP contribution in [0.15, 0.2) is 12.7 Å². The highest BCUT2D eigenvalue weighted by Gasteiger charge is 2.62. The number of esters is 1. The third kappa shape index (κ3) is 1.50. The predicted molar refractivity (Wildman–Crippen MR) is 66.0 cm³/mol. The molecule has 2 aliphatic carbocycles. The van der Waals surface area contributed by atoms with Gasteiger partial charge in [0.1, 0.15) is 6.10 Å². The van der Waals surface area contributed by atoms with Crippen LogP contribution in [0.5, 0.6) is 0 Å². The Bertz CT molecular complexity index is 306. The minimum absolute atomic E-state index is 0. The topological polar surface area (TPSA) is 26.3 Å². The first kappa shape index (κ1) is 13.3. The van der Waals surface area contributed by atoms with Crippen LogP contribution >= 0.6 is 0 Å². The molecule has 2 saturated carbocycles. The number of carbonyl (C=O) groups is 1. The number of hydrogen-bond acceptors (Lipinski definition) is 2. The van der Waals surface area contributed by atoms with Gasteiger partial charge in [-0.05, 0) is 30.6 Å². The maximum absolute atomic E-state index is 11.3. The van der Waals surface area contributed by atoms with E-state index in [1.165, 1.54) is 18.9 Å². The van der Waals surface area contributed by atoms with Gasteiger partial charge in [0.05, 0.1) is 0 Å².